The van der Waals surface area contributed by atoms with Gasteiger partial charge in [-0.05, 0) is 118 Å². The summed E-state index contributed by atoms with van der Waals surface area (Å²) in [6.07, 6.45) is 0. The molecule has 2 heterocycles. The fourth-order valence-electron chi connectivity index (χ4n) is 11.2. The highest BCUT2D eigenvalue weighted by Crippen LogP contribution is 2.54. The third-order valence-corrected chi connectivity index (χ3v) is 17.1. The van der Waals surface area contributed by atoms with Crippen LogP contribution >= 0.6 is 22.7 Å². The van der Waals surface area contributed by atoms with Crippen molar-refractivity contribution in [3.05, 3.63) is 191 Å². The minimum atomic E-state index is 0.0177. The van der Waals surface area contributed by atoms with Crippen LogP contribution in [-0.4, -0.2) is 0 Å². The van der Waals surface area contributed by atoms with Gasteiger partial charge in [0.2, 0.25) is 0 Å². The molecule has 12 rings (SSSR count). The largest absolute Gasteiger partial charge is 0.308 e. The second-order valence-electron chi connectivity index (χ2n) is 21.1. The molecule has 10 aromatic carbocycles. The van der Waals surface area contributed by atoms with E-state index in [2.05, 4.69) is 237 Å². The summed E-state index contributed by atoms with van der Waals surface area (Å²) in [5.74, 6) is 0. The maximum absolute atomic E-state index is 2.59. The lowest BCUT2D eigenvalue weighted by molar-refractivity contribution is 0.596. The van der Waals surface area contributed by atoms with Gasteiger partial charge < -0.3 is 9.80 Å². The predicted octanol–water partition coefficient (Wildman–Crippen LogP) is 20.1. The fraction of sp³-hybridized carbons (Fsp3) is 0.188. The predicted molar refractivity (Wildman–Crippen MR) is 302 cm³/mol. The van der Waals surface area contributed by atoms with E-state index < -0.39 is 0 Å². The van der Waals surface area contributed by atoms with Crippen molar-refractivity contribution in [2.75, 3.05) is 9.80 Å². The number of nitrogens with zero attached hydrogens (tertiary/aromatic N) is 2. The molecule has 4 heteroatoms. The van der Waals surface area contributed by atoms with Crippen LogP contribution in [0.1, 0.15) is 74.9 Å². The SMILES string of the molecule is Cc1ccccc1N(c1ccc2ccc3c(N(c4ccccc4C)c4c(C)ccc5c4sc4c(C(C)(C)C)cccc45)ccc4ccc1c2c43)c1c(C)ccc2c1sc1c(C(C)(C)C)cccc12. The van der Waals surface area contributed by atoms with Crippen LogP contribution < -0.4 is 9.80 Å². The lowest BCUT2D eigenvalue weighted by atomic mass is 9.86. The average Bonchev–Trinajstić information content (AvgIpc) is 3.89. The third kappa shape index (κ3) is 6.41. The van der Waals surface area contributed by atoms with Gasteiger partial charge in [0, 0.05) is 53.1 Å². The van der Waals surface area contributed by atoms with E-state index in [9.17, 15) is 0 Å². The number of anilines is 6. The van der Waals surface area contributed by atoms with Crippen molar-refractivity contribution in [3.8, 4) is 0 Å². The first-order valence-electron chi connectivity index (χ1n) is 24.0. The third-order valence-electron chi connectivity index (χ3n) is 14.6. The highest BCUT2D eigenvalue weighted by Gasteiger charge is 2.29. The molecule has 334 valence electrons. The summed E-state index contributed by atoms with van der Waals surface area (Å²) in [4.78, 5) is 5.17. The van der Waals surface area contributed by atoms with Crippen molar-refractivity contribution >= 4 is 129 Å². The van der Waals surface area contributed by atoms with Crippen molar-refractivity contribution in [1.29, 1.82) is 0 Å². The molecule has 0 aliphatic rings. The van der Waals surface area contributed by atoms with Crippen LogP contribution in [0.15, 0.2) is 158 Å². The van der Waals surface area contributed by atoms with Gasteiger partial charge in [0.05, 0.1) is 32.1 Å². The van der Waals surface area contributed by atoms with Gasteiger partial charge in [0.25, 0.3) is 0 Å². The molecule has 0 saturated carbocycles. The number of rotatable bonds is 6. The second-order valence-corrected chi connectivity index (χ2v) is 23.2. The molecule has 0 spiro atoms. The van der Waals surface area contributed by atoms with Gasteiger partial charge in [-0.3, -0.25) is 0 Å². The Morgan fingerprint density at radius 1 is 0.309 bits per heavy atom. The van der Waals surface area contributed by atoms with E-state index in [0.717, 1.165) is 0 Å². The van der Waals surface area contributed by atoms with E-state index in [0.29, 0.717) is 0 Å². The highest BCUT2D eigenvalue weighted by molar-refractivity contribution is 7.27. The van der Waals surface area contributed by atoms with Gasteiger partial charge in [0.1, 0.15) is 0 Å². The Hall–Kier alpha value is -6.72. The van der Waals surface area contributed by atoms with Crippen LogP contribution in [-0.2, 0) is 10.8 Å². The Morgan fingerprint density at radius 2 is 0.676 bits per heavy atom. The molecule has 0 saturated heterocycles. The number of benzene rings is 10. The van der Waals surface area contributed by atoms with Gasteiger partial charge >= 0.3 is 0 Å². The fourth-order valence-corrected chi connectivity index (χ4v) is 14.4. The molecule has 0 radical (unpaired) electrons. The molecule has 2 aromatic heterocycles. The number of hydrogen-bond donors (Lipinski definition) is 0. The normalized spacial score (nSPS) is 12.6. The van der Waals surface area contributed by atoms with Gasteiger partial charge in [-0.15, -0.1) is 22.7 Å². The van der Waals surface area contributed by atoms with Crippen LogP contribution in [0.4, 0.5) is 34.1 Å². The maximum Gasteiger partial charge on any atom is 0.0669 e. The van der Waals surface area contributed by atoms with Crippen molar-refractivity contribution in [2.45, 2.75) is 80.1 Å². The molecule has 0 bridgehead atoms. The molecule has 0 amide bonds. The molecule has 0 unspecified atom stereocenters. The van der Waals surface area contributed by atoms with E-state index >= 15 is 0 Å². The van der Waals surface area contributed by atoms with Crippen molar-refractivity contribution in [2.24, 2.45) is 0 Å². The van der Waals surface area contributed by atoms with Crippen LogP contribution in [0.3, 0.4) is 0 Å². The monoisotopic (exact) mass is 916 g/mol. The minimum absolute atomic E-state index is 0.0177. The molecular formula is C64H56N2S2. The van der Waals surface area contributed by atoms with Gasteiger partial charge in [0.15, 0.2) is 0 Å². The van der Waals surface area contributed by atoms with Crippen molar-refractivity contribution in [3.63, 3.8) is 0 Å². The Labute approximate surface area is 408 Å². The molecule has 0 atom stereocenters. The van der Waals surface area contributed by atoms with Gasteiger partial charge in [-0.1, -0.05) is 175 Å². The van der Waals surface area contributed by atoms with Crippen LogP contribution in [0, 0.1) is 27.7 Å². The van der Waals surface area contributed by atoms with Crippen molar-refractivity contribution in [1.82, 2.24) is 0 Å². The van der Waals surface area contributed by atoms with Crippen LogP contribution in [0.25, 0.3) is 72.7 Å². The van der Waals surface area contributed by atoms with E-state index in [-0.39, 0.29) is 10.8 Å². The molecule has 68 heavy (non-hydrogen) atoms. The average molecular weight is 917 g/mol. The van der Waals surface area contributed by atoms with E-state index in [1.165, 1.54) is 140 Å². The molecule has 2 nitrogen and oxygen atoms in total. The Balaban J connectivity index is 1.15. The Kier molecular flexibility index (Phi) is 9.65. The standard InChI is InChI=1S/C64H56N2S2/c1-37-17-11-13-23-51(37)65(57-39(3)25-31-45-43-19-15-21-49(63(5,6)7)59(43)67-61(45)57)53-35-29-41-28-34-48-54(36-30-42-27-33-47(53)55(41)56(42)48)66(52-24-14-12-18-38(52)2)58-40(4)26-32-46-44-20-16-22-50(64(8,9)10)60(44)68-62(46)58/h11-36H,1-10H3. The number of fused-ring (bicyclic) bond motifs is 6. The van der Waals surface area contributed by atoms with E-state index in [4.69, 9.17) is 0 Å². The summed E-state index contributed by atoms with van der Waals surface area (Å²) in [5.41, 5.74) is 15.1. The van der Waals surface area contributed by atoms with Crippen molar-refractivity contribution < 1.29 is 0 Å². The summed E-state index contributed by atoms with van der Waals surface area (Å²) < 4.78 is 5.40. The number of thiophene rings is 2. The smallest absolute Gasteiger partial charge is 0.0669 e. The van der Waals surface area contributed by atoms with Gasteiger partial charge in [-0.25, -0.2) is 0 Å². The molecule has 0 fully saturated rings. The quantitative estimate of drug-likeness (QED) is 0.153. The van der Waals surface area contributed by atoms with Crippen LogP contribution in [0.5, 0.6) is 0 Å². The summed E-state index contributed by atoms with van der Waals surface area (Å²) in [5, 5.41) is 12.9. The number of para-hydroxylation sites is 2. The minimum Gasteiger partial charge on any atom is -0.308 e. The number of aryl methyl sites for hydroxylation is 4. The lowest BCUT2D eigenvalue weighted by Gasteiger charge is -2.32. The first kappa shape index (κ1) is 42.6. The highest BCUT2D eigenvalue weighted by atomic mass is 32.1. The zero-order chi connectivity index (χ0) is 47.0. The topological polar surface area (TPSA) is 6.48 Å². The first-order chi connectivity index (χ1) is 32.7. The van der Waals surface area contributed by atoms with E-state index in [1.807, 2.05) is 22.7 Å². The Bertz CT molecular complexity index is 3740. The lowest BCUT2D eigenvalue weighted by Crippen LogP contribution is -2.14. The van der Waals surface area contributed by atoms with Gasteiger partial charge in [-0.2, -0.15) is 0 Å². The zero-order valence-electron chi connectivity index (χ0n) is 40.7. The van der Waals surface area contributed by atoms with E-state index in [1.54, 1.807) is 0 Å². The summed E-state index contributed by atoms with van der Waals surface area (Å²) >= 11 is 3.91. The molecule has 0 aliphatic carbocycles. The molecule has 0 N–H and O–H groups in total. The summed E-state index contributed by atoms with van der Waals surface area (Å²) in [6.45, 7) is 23.1. The molecule has 0 aliphatic heterocycles. The maximum atomic E-state index is 2.59. The summed E-state index contributed by atoms with van der Waals surface area (Å²) in [6, 6.07) is 60.0. The first-order valence-corrected chi connectivity index (χ1v) is 25.6. The molecular weight excluding hydrogens is 861 g/mol. The second kappa shape index (κ2) is 15.4. The molecule has 12 aromatic rings. The Morgan fingerprint density at radius 3 is 1.07 bits per heavy atom. The zero-order valence-corrected chi connectivity index (χ0v) is 42.4. The summed E-state index contributed by atoms with van der Waals surface area (Å²) in [7, 11) is 0. The van der Waals surface area contributed by atoms with Crippen LogP contribution in [0.2, 0.25) is 0 Å². The number of hydrogen-bond acceptors (Lipinski definition) is 4.